The molecular formula is C19H25NO2S. The van der Waals surface area contributed by atoms with Crippen molar-refractivity contribution in [3.05, 3.63) is 35.9 Å². The predicted molar refractivity (Wildman–Crippen MR) is 95.4 cm³/mol. The molecule has 4 heteroatoms. The molecule has 1 aromatic rings. The Hall–Kier alpha value is -1.42. The number of aryl methyl sites for hydroxylation is 1. The van der Waals surface area contributed by atoms with Gasteiger partial charge in [-0.3, -0.25) is 4.79 Å². The zero-order chi connectivity index (χ0) is 16.1. The molecule has 1 aliphatic carbocycles. The average Bonchev–Trinajstić information content (AvgIpc) is 3.24. The van der Waals surface area contributed by atoms with Gasteiger partial charge in [0.05, 0.1) is 0 Å². The first-order valence-corrected chi connectivity index (χ1v) is 9.14. The van der Waals surface area contributed by atoms with Crippen LogP contribution in [0.5, 0.6) is 0 Å². The molecule has 3 nitrogen and oxygen atoms in total. The number of rotatable bonds is 5. The molecule has 0 N–H and O–H groups in total. The Morgan fingerprint density at radius 3 is 2.65 bits per heavy atom. The van der Waals surface area contributed by atoms with Crippen LogP contribution in [0.15, 0.2) is 30.3 Å². The van der Waals surface area contributed by atoms with E-state index in [-0.39, 0.29) is 6.10 Å². The van der Waals surface area contributed by atoms with E-state index in [4.69, 9.17) is 17.0 Å². The molecule has 124 valence electrons. The second kappa shape index (κ2) is 7.91. The Bertz CT molecular complexity index is 540. The third-order valence-electron chi connectivity index (χ3n) is 4.99. The fourth-order valence-electron chi connectivity index (χ4n) is 3.61. The summed E-state index contributed by atoms with van der Waals surface area (Å²) in [6, 6.07) is 10.5. The van der Waals surface area contributed by atoms with Crippen LogP contribution in [-0.2, 0) is 16.0 Å². The fraction of sp³-hybridized carbons (Fsp3) is 0.579. The smallest absolute Gasteiger partial charge is 0.259 e. The Morgan fingerprint density at radius 1 is 1.26 bits per heavy atom. The lowest BCUT2D eigenvalue weighted by atomic mass is 9.95. The van der Waals surface area contributed by atoms with Crippen molar-refractivity contribution in [3.63, 3.8) is 0 Å². The van der Waals surface area contributed by atoms with Gasteiger partial charge >= 0.3 is 0 Å². The van der Waals surface area contributed by atoms with Crippen LogP contribution >= 0.6 is 12.2 Å². The number of nitrogens with zero attached hydrogens (tertiary/aromatic N) is 1. The lowest BCUT2D eigenvalue weighted by molar-refractivity contribution is -0.117. The van der Waals surface area contributed by atoms with Crippen LogP contribution in [0.2, 0.25) is 0 Å². The largest absolute Gasteiger partial charge is 0.467 e. The van der Waals surface area contributed by atoms with Crippen LogP contribution in [0.3, 0.4) is 0 Å². The highest BCUT2D eigenvalue weighted by Gasteiger charge is 2.32. The standard InChI is InChI=1S/C19H25NO2S/c21-17-10-9-16(14-17)18(11-8-15-6-2-1-3-7-15)22-19(23)20-12-4-5-13-20/h1-3,6-7,16,18H,4-5,8-14H2. The van der Waals surface area contributed by atoms with Crippen LogP contribution in [0.25, 0.3) is 0 Å². The van der Waals surface area contributed by atoms with Gasteiger partial charge in [-0.25, -0.2) is 0 Å². The summed E-state index contributed by atoms with van der Waals surface area (Å²) in [4.78, 5) is 13.8. The normalized spacial score (nSPS) is 22.3. The third kappa shape index (κ3) is 4.54. The minimum Gasteiger partial charge on any atom is -0.467 e. The lowest BCUT2D eigenvalue weighted by Crippen LogP contribution is -2.34. The van der Waals surface area contributed by atoms with Gasteiger partial charge in [0.2, 0.25) is 0 Å². The van der Waals surface area contributed by atoms with Gasteiger partial charge in [0, 0.05) is 31.8 Å². The SMILES string of the molecule is O=C1CCC(C(CCc2ccccc2)OC(=S)N2CCCC2)C1. The van der Waals surface area contributed by atoms with Crippen LogP contribution in [0, 0.1) is 5.92 Å². The number of likely N-dealkylation sites (tertiary alicyclic amines) is 1. The summed E-state index contributed by atoms with van der Waals surface area (Å²) in [5, 5.41) is 0.639. The molecule has 3 rings (SSSR count). The van der Waals surface area contributed by atoms with Gasteiger partial charge < -0.3 is 9.64 Å². The molecule has 0 amide bonds. The Labute approximate surface area is 144 Å². The van der Waals surface area contributed by atoms with Crippen molar-refractivity contribution in [1.29, 1.82) is 0 Å². The highest BCUT2D eigenvalue weighted by atomic mass is 32.1. The number of ketones is 1. The Balaban J connectivity index is 1.61. The average molecular weight is 331 g/mol. The summed E-state index contributed by atoms with van der Waals surface area (Å²) in [5.74, 6) is 0.696. The maximum absolute atomic E-state index is 11.7. The van der Waals surface area contributed by atoms with Gasteiger partial charge in [-0.15, -0.1) is 0 Å². The molecular weight excluding hydrogens is 306 g/mol. The van der Waals surface area contributed by atoms with E-state index in [9.17, 15) is 4.79 Å². The number of hydrogen-bond donors (Lipinski definition) is 0. The van der Waals surface area contributed by atoms with E-state index in [2.05, 4.69) is 29.2 Å². The van der Waals surface area contributed by atoms with Crippen molar-refractivity contribution in [2.45, 2.75) is 51.0 Å². The number of carbonyl (C=O) groups is 1. The minimum absolute atomic E-state index is 0.0646. The van der Waals surface area contributed by atoms with Crippen molar-refractivity contribution in [1.82, 2.24) is 4.90 Å². The molecule has 0 spiro atoms. The van der Waals surface area contributed by atoms with Gasteiger partial charge in [0.1, 0.15) is 11.9 Å². The summed E-state index contributed by atoms with van der Waals surface area (Å²) in [7, 11) is 0. The van der Waals surface area contributed by atoms with E-state index in [0.717, 1.165) is 32.4 Å². The molecule has 0 radical (unpaired) electrons. The van der Waals surface area contributed by atoms with Gasteiger partial charge in [-0.2, -0.15) is 0 Å². The third-order valence-corrected chi connectivity index (χ3v) is 5.34. The van der Waals surface area contributed by atoms with E-state index in [1.807, 2.05) is 6.07 Å². The summed E-state index contributed by atoms with van der Waals surface area (Å²) in [6.45, 7) is 2.02. The molecule has 2 aliphatic rings. The van der Waals surface area contributed by atoms with E-state index in [1.165, 1.54) is 18.4 Å². The van der Waals surface area contributed by atoms with Crippen LogP contribution in [0.4, 0.5) is 0 Å². The molecule has 23 heavy (non-hydrogen) atoms. The molecule has 1 heterocycles. The van der Waals surface area contributed by atoms with Gasteiger partial charge in [0.15, 0.2) is 0 Å². The molecule has 2 unspecified atom stereocenters. The van der Waals surface area contributed by atoms with E-state index >= 15 is 0 Å². The lowest BCUT2D eigenvalue weighted by Gasteiger charge is -2.28. The van der Waals surface area contributed by atoms with Gasteiger partial charge in [-0.1, -0.05) is 30.3 Å². The number of thiocarbonyl (C=S) groups is 1. The number of carbonyl (C=O) groups excluding carboxylic acids is 1. The van der Waals surface area contributed by atoms with E-state index in [1.54, 1.807) is 0 Å². The molecule has 1 saturated carbocycles. The van der Waals surface area contributed by atoms with Crippen molar-refractivity contribution >= 4 is 23.2 Å². The number of ether oxygens (including phenoxy) is 1. The maximum Gasteiger partial charge on any atom is 0.259 e. The molecule has 2 fully saturated rings. The second-order valence-electron chi connectivity index (χ2n) is 6.68. The first-order valence-electron chi connectivity index (χ1n) is 8.73. The highest BCUT2D eigenvalue weighted by molar-refractivity contribution is 7.80. The van der Waals surface area contributed by atoms with Crippen LogP contribution in [-0.4, -0.2) is 35.1 Å². The zero-order valence-corrected chi connectivity index (χ0v) is 14.4. The molecule has 1 saturated heterocycles. The topological polar surface area (TPSA) is 29.5 Å². The quantitative estimate of drug-likeness (QED) is 0.769. The highest BCUT2D eigenvalue weighted by Crippen LogP contribution is 2.30. The molecule has 0 bridgehead atoms. The van der Waals surface area contributed by atoms with Crippen molar-refractivity contribution < 1.29 is 9.53 Å². The Morgan fingerprint density at radius 2 is 2.00 bits per heavy atom. The molecule has 1 aliphatic heterocycles. The van der Waals surface area contributed by atoms with Crippen molar-refractivity contribution in [2.75, 3.05) is 13.1 Å². The number of benzene rings is 1. The van der Waals surface area contributed by atoms with Crippen LogP contribution < -0.4 is 0 Å². The van der Waals surface area contributed by atoms with E-state index < -0.39 is 0 Å². The van der Waals surface area contributed by atoms with Gasteiger partial charge in [-0.05, 0) is 49.9 Å². The minimum atomic E-state index is 0.0646. The second-order valence-corrected chi connectivity index (χ2v) is 7.03. The first-order chi connectivity index (χ1) is 11.2. The van der Waals surface area contributed by atoms with Crippen molar-refractivity contribution in [3.8, 4) is 0 Å². The summed E-state index contributed by atoms with van der Waals surface area (Å²) < 4.78 is 6.19. The predicted octanol–water partition coefficient (Wildman–Crippen LogP) is 3.75. The molecule has 1 aromatic carbocycles. The summed E-state index contributed by atoms with van der Waals surface area (Å²) >= 11 is 5.50. The monoisotopic (exact) mass is 331 g/mol. The fourth-order valence-corrected chi connectivity index (χ4v) is 3.91. The summed E-state index contributed by atoms with van der Waals surface area (Å²) in [6.07, 6.45) is 6.65. The zero-order valence-electron chi connectivity index (χ0n) is 13.6. The molecule has 0 aromatic heterocycles. The molecule has 2 atom stereocenters. The number of hydrogen-bond acceptors (Lipinski definition) is 3. The first kappa shape index (κ1) is 16.4. The number of Topliss-reactive ketones (excluding diaryl/α,β-unsaturated/α-hetero) is 1. The van der Waals surface area contributed by atoms with Crippen molar-refractivity contribution in [2.24, 2.45) is 5.92 Å². The summed E-state index contributed by atoms with van der Waals surface area (Å²) in [5.41, 5.74) is 1.32. The van der Waals surface area contributed by atoms with Crippen LogP contribution in [0.1, 0.15) is 44.1 Å². The Kier molecular flexibility index (Phi) is 5.65. The maximum atomic E-state index is 11.7. The van der Waals surface area contributed by atoms with Gasteiger partial charge in [0.25, 0.3) is 5.17 Å². The van der Waals surface area contributed by atoms with E-state index in [0.29, 0.717) is 29.7 Å².